The van der Waals surface area contributed by atoms with E-state index < -0.39 is 5.66 Å². The molecule has 6 nitrogen and oxygen atoms in total. The Balaban J connectivity index is 2.11. The van der Waals surface area contributed by atoms with Crippen LogP contribution in [-0.2, 0) is 10.5 Å². The fourth-order valence-electron chi connectivity index (χ4n) is 3.39. The molecule has 0 saturated heterocycles. The molecule has 21 heavy (non-hydrogen) atoms. The molecule has 2 aromatic heterocycles. The van der Waals surface area contributed by atoms with E-state index in [1.165, 1.54) is 16.8 Å². The number of nitrogens with one attached hydrogen (secondary N) is 1. The average molecular weight is 283 g/mol. The minimum absolute atomic E-state index is 0.0185. The third-order valence-electron chi connectivity index (χ3n) is 4.40. The molecule has 1 N–H and O–H groups in total. The van der Waals surface area contributed by atoms with Gasteiger partial charge in [-0.3, -0.25) is 23.9 Å². The smallest absolute Gasteiger partial charge is 0.256 e. The van der Waals surface area contributed by atoms with Gasteiger partial charge in [0.1, 0.15) is 0 Å². The highest BCUT2D eigenvalue weighted by Crippen LogP contribution is 2.37. The van der Waals surface area contributed by atoms with Crippen molar-refractivity contribution in [1.29, 1.82) is 0 Å². The zero-order valence-electron chi connectivity index (χ0n) is 11.3. The number of aromatic nitrogens is 2. The minimum Gasteiger partial charge on any atom is -0.329 e. The van der Waals surface area contributed by atoms with E-state index in [0.29, 0.717) is 29.3 Å². The van der Waals surface area contributed by atoms with Gasteiger partial charge in [-0.05, 0) is 25.3 Å². The lowest BCUT2D eigenvalue weighted by Crippen LogP contribution is -2.46. The first-order valence-corrected chi connectivity index (χ1v) is 7.00. The summed E-state index contributed by atoms with van der Waals surface area (Å²) in [4.78, 5) is 43.7. The van der Waals surface area contributed by atoms with Gasteiger partial charge in [-0.15, -0.1) is 0 Å². The summed E-state index contributed by atoms with van der Waals surface area (Å²) in [5.41, 5.74) is -1.18. The summed E-state index contributed by atoms with van der Waals surface area (Å²) in [7, 11) is 0. The highest BCUT2D eigenvalue weighted by atomic mass is 16.2. The van der Waals surface area contributed by atoms with Crippen molar-refractivity contribution in [3.63, 3.8) is 0 Å². The number of nitrogens with zero attached hydrogens (tertiary/aromatic N) is 2. The van der Waals surface area contributed by atoms with Crippen LogP contribution in [0.5, 0.6) is 0 Å². The molecule has 2 aromatic rings. The van der Waals surface area contributed by atoms with Crippen LogP contribution >= 0.6 is 0 Å². The number of pyridine rings is 2. The lowest BCUT2D eigenvalue weighted by Gasteiger charge is -2.31. The quantitative estimate of drug-likeness (QED) is 0.780. The van der Waals surface area contributed by atoms with Crippen LogP contribution in [0.2, 0.25) is 0 Å². The van der Waals surface area contributed by atoms with Crippen LogP contribution in [-0.4, -0.2) is 21.5 Å². The molecule has 1 spiro atoms. The summed E-state index contributed by atoms with van der Waals surface area (Å²) < 4.78 is 1.47. The molecule has 1 atom stereocenters. The van der Waals surface area contributed by atoms with Crippen LogP contribution in [0.4, 0.5) is 0 Å². The SMILES string of the molecule is O=C1CCCCC12N=Cc1c3cc[nH]c(=O)c3cc(=O)n12. The summed E-state index contributed by atoms with van der Waals surface area (Å²) in [5, 5.41) is 0.984. The van der Waals surface area contributed by atoms with Gasteiger partial charge in [0.2, 0.25) is 0 Å². The number of aliphatic imine (C=N–C) groups is 1. The van der Waals surface area contributed by atoms with E-state index in [4.69, 9.17) is 0 Å². The van der Waals surface area contributed by atoms with Crippen molar-refractivity contribution in [2.45, 2.75) is 31.3 Å². The van der Waals surface area contributed by atoms with Crippen LogP contribution in [0.15, 0.2) is 32.9 Å². The number of rotatable bonds is 0. The average Bonchev–Trinajstić information content (AvgIpc) is 2.85. The van der Waals surface area contributed by atoms with E-state index in [-0.39, 0.29) is 16.9 Å². The fourth-order valence-corrected chi connectivity index (χ4v) is 3.39. The predicted octanol–water partition coefficient (Wildman–Crippen LogP) is 0.918. The molecule has 0 aromatic carbocycles. The van der Waals surface area contributed by atoms with Crippen molar-refractivity contribution < 1.29 is 4.79 Å². The maximum Gasteiger partial charge on any atom is 0.256 e. The molecule has 2 aliphatic rings. The third-order valence-corrected chi connectivity index (χ3v) is 4.40. The molecule has 0 radical (unpaired) electrons. The number of carbonyl (C=O) groups excluding carboxylic acids is 1. The Morgan fingerprint density at radius 3 is 2.86 bits per heavy atom. The number of aromatic amines is 1. The largest absolute Gasteiger partial charge is 0.329 e. The first-order valence-electron chi connectivity index (χ1n) is 7.00. The van der Waals surface area contributed by atoms with Gasteiger partial charge in [0.15, 0.2) is 11.4 Å². The molecular weight excluding hydrogens is 270 g/mol. The number of carbonyl (C=O) groups is 1. The van der Waals surface area contributed by atoms with Gasteiger partial charge in [-0.1, -0.05) is 0 Å². The second-order valence-electron chi connectivity index (χ2n) is 5.54. The maximum atomic E-state index is 12.5. The Morgan fingerprint density at radius 1 is 1.19 bits per heavy atom. The minimum atomic E-state index is -1.08. The molecule has 106 valence electrons. The van der Waals surface area contributed by atoms with Crippen LogP contribution in [0, 0.1) is 0 Å². The lowest BCUT2D eigenvalue weighted by atomic mass is 9.88. The zero-order chi connectivity index (χ0) is 14.6. The Morgan fingerprint density at radius 2 is 2.05 bits per heavy atom. The Kier molecular flexibility index (Phi) is 2.34. The standard InChI is InChI=1S/C15H13N3O3/c19-12-3-1-2-5-15(12)17-8-11-9-4-6-16-14(21)10(9)7-13(20)18(11)15/h4,6-8H,1-3,5H2,(H,16,21). The Hall–Kier alpha value is -2.50. The first-order chi connectivity index (χ1) is 10.1. The topological polar surface area (TPSA) is 84.3 Å². The Bertz CT molecular complexity index is 922. The van der Waals surface area contributed by atoms with Gasteiger partial charge in [0.05, 0.1) is 11.1 Å². The molecule has 0 amide bonds. The van der Waals surface area contributed by atoms with Crippen LogP contribution in [0.25, 0.3) is 10.8 Å². The highest BCUT2D eigenvalue weighted by Gasteiger charge is 2.45. The highest BCUT2D eigenvalue weighted by molar-refractivity contribution is 6.02. The van der Waals surface area contributed by atoms with Crippen molar-refractivity contribution in [3.05, 3.63) is 44.7 Å². The lowest BCUT2D eigenvalue weighted by molar-refractivity contribution is -0.129. The molecule has 1 saturated carbocycles. The summed E-state index contributed by atoms with van der Waals surface area (Å²) >= 11 is 0. The van der Waals surface area contributed by atoms with E-state index >= 15 is 0 Å². The van der Waals surface area contributed by atoms with Crippen LogP contribution in [0.1, 0.15) is 31.4 Å². The molecular formula is C15H13N3O3. The molecule has 1 fully saturated rings. The fraction of sp³-hybridized carbons (Fsp3) is 0.333. The summed E-state index contributed by atoms with van der Waals surface area (Å²) in [6.45, 7) is 0. The van der Waals surface area contributed by atoms with Crippen LogP contribution in [0.3, 0.4) is 0 Å². The molecule has 1 aliphatic carbocycles. The number of H-pyrrole nitrogens is 1. The van der Waals surface area contributed by atoms with Gasteiger partial charge in [-0.2, -0.15) is 0 Å². The normalized spacial score (nSPS) is 23.9. The number of fused-ring (bicyclic) bond motifs is 4. The van der Waals surface area contributed by atoms with Gasteiger partial charge < -0.3 is 4.98 Å². The number of hydrogen-bond donors (Lipinski definition) is 1. The van der Waals surface area contributed by atoms with Gasteiger partial charge in [-0.25, -0.2) is 0 Å². The molecule has 6 heteroatoms. The van der Waals surface area contributed by atoms with Crippen molar-refractivity contribution >= 4 is 22.8 Å². The number of Topliss-reactive ketones (excluding diaryl/α,β-unsaturated/α-hetero) is 1. The maximum absolute atomic E-state index is 12.5. The van der Waals surface area contributed by atoms with E-state index in [2.05, 4.69) is 9.98 Å². The van der Waals surface area contributed by atoms with Crippen molar-refractivity contribution in [2.75, 3.05) is 0 Å². The van der Waals surface area contributed by atoms with Crippen molar-refractivity contribution in [2.24, 2.45) is 4.99 Å². The van der Waals surface area contributed by atoms with Gasteiger partial charge >= 0.3 is 0 Å². The van der Waals surface area contributed by atoms with E-state index in [0.717, 1.165) is 12.8 Å². The van der Waals surface area contributed by atoms with Crippen molar-refractivity contribution in [1.82, 2.24) is 9.55 Å². The monoisotopic (exact) mass is 283 g/mol. The summed E-state index contributed by atoms with van der Waals surface area (Å²) in [5.74, 6) is -0.0185. The van der Waals surface area contributed by atoms with E-state index in [1.807, 2.05) is 0 Å². The Labute approximate surface area is 119 Å². The molecule has 3 heterocycles. The van der Waals surface area contributed by atoms with Gasteiger partial charge in [0.25, 0.3) is 11.1 Å². The number of ketones is 1. The molecule has 1 unspecified atom stereocenters. The second kappa shape index (κ2) is 4.00. The summed E-state index contributed by atoms with van der Waals surface area (Å²) in [6.07, 6.45) is 5.79. The van der Waals surface area contributed by atoms with E-state index in [1.54, 1.807) is 12.3 Å². The molecule has 0 bridgehead atoms. The summed E-state index contributed by atoms with van der Waals surface area (Å²) in [6, 6.07) is 3.04. The third kappa shape index (κ3) is 1.47. The first kappa shape index (κ1) is 12.3. The van der Waals surface area contributed by atoms with Gasteiger partial charge in [0, 0.05) is 30.3 Å². The molecule has 1 aliphatic heterocycles. The second-order valence-corrected chi connectivity index (χ2v) is 5.54. The number of hydrogen-bond acceptors (Lipinski definition) is 4. The molecule has 4 rings (SSSR count). The van der Waals surface area contributed by atoms with E-state index in [9.17, 15) is 14.4 Å². The van der Waals surface area contributed by atoms with Crippen molar-refractivity contribution in [3.8, 4) is 0 Å². The zero-order valence-corrected chi connectivity index (χ0v) is 11.3. The predicted molar refractivity (Wildman–Crippen MR) is 77.9 cm³/mol. The van der Waals surface area contributed by atoms with Crippen LogP contribution < -0.4 is 11.1 Å².